The van der Waals surface area contributed by atoms with Crippen molar-refractivity contribution in [2.24, 2.45) is 0 Å². The van der Waals surface area contributed by atoms with E-state index in [2.05, 4.69) is 15.1 Å². The normalized spacial score (nSPS) is 14.2. The predicted octanol–water partition coefficient (Wildman–Crippen LogP) is 2.38. The maximum absolute atomic E-state index is 12.6. The smallest absolute Gasteiger partial charge is 0.257 e. The monoisotopic (exact) mass is 336 g/mol. The van der Waals surface area contributed by atoms with Gasteiger partial charge >= 0.3 is 0 Å². The molecule has 1 amide bonds. The first-order valence-electron chi connectivity index (χ1n) is 7.92. The third-order valence-electron chi connectivity index (χ3n) is 4.22. The number of hydrogen-bond acceptors (Lipinski definition) is 6. The Morgan fingerprint density at radius 1 is 1.24 bits per heavy atom. The van der Waals surface area contributed by atoms with E-state index in [1.807, 2.05) is 24.3 Å². The van der Waals surface area contributed by atoms with E-state index in [4.69, 9.17) is 9.26 Å². The van der Waals surface area contributed by atoms with Crippen LogP contribution in [0.15, 0.2) is 53.3 Å². The fourth-order valence-electron chi connectivity index (χ4n) is 2.81. The van der Waals surface area contributed by atoms with Crippen molar-refractivity contribution in [3.8, 4) is 17.1 Å². The van der Waals surface area contributed by atoms with Crippen LogP contribution < -0.4 is 4.74 Å². The zero-order chi connectivity index (χ0) is 17.2. The van der Waals surface area contributed by atoms with Crippen molar-refractivity contribution in [2.75, 3.05) is 20.2 Å². The molecule has 0 N–H and O–H groups in total. The van der Waals surface area contributed by atoms with Gasteiger partial charge in [-0.1, -0.05) is 17.3 Å². The Labute approximate surface area is 144 Å². The fraction of sp³-hybridized carbons (Fsp3) is 0.222. The Morgan fingerprint density at radius 2 is 2.08 bits per heavy atom. The van der Waals surface area contributed by atoms with Crippen LogP contribution in [0.1, 0.15) is 22.2 Å². The van der Waals surface area contributed by atoms with E-state index < -0.39 is 0 Å². The number of carbonyl (C=O) groups excluding carboxylic acids is 1. The molecule has 1 fully saturated rings. The molecule has 25 heavy (non-hydrogen) atoms. The van der Waals surface area contributed by atoms with E-state index >= 15 is 0 Å². The number of methoxy groups -OCH3 is 1. The number of nitrogens with zero attached hydrogens (tertiary/aromatic N) is 4. The van der Waals surface area contributed by atoms with Crippen LogP contribution in [0.5, 0.6) is 5.75 Å². The van der Waals surface area contributed by atoms with Gasteiger partial charge in [-0.25, -0.2) is 0 Å². The maximum Gasteiger partial charge on any atom is 0.257 e. The van der Waals surface area contributed by atoms with E-state index in [9.17, 15) is 4.79 Å². The molecule has 0 bridgehead atoms. The minimum atomic E-state index is -0.0549. The quantitative estimate of drug-likeness (QED) is 0.727. The molecular formula is C18H16N4O3. The molecule has 0 aliphatic carbocycles. The zero-order valence-corrected chi connectivity index (χ0v) is 13.6. The highest BCUT2D eigenvalue weighted by Gasteiger charge is 2.36. The molecule has 0 spiro atoms. The van der Waals surface area contributed by atoms with E-state index in [0.29, 0.717) is 36.1 Å². The van der Waals surface area contributed by atoms with Crippen molar-refractivity contribution >= 4 is 5.91 Å². The average molecular weight is 336 g/mol. The van der Waals surface area contributed by atoms with Gasteiger partial charge in [-0.05, 0) is 24.3 Å². The van der Waals surface area contributed by atoms with E-state index in [0.717, 1.165) is 5.56 Å². The van der Waals surface area contributed by atoms with Crippen LogP contribution in [0.4, 0.5) is 0 Å². The van der Waals surface area contributed by atoms with Crippen molar-refractivity contribution in [1.82, 2.24) is 20.0 Å². The molecule has 0 radical (unpaired) electrons. The minimum absolute atomic E-state index is 0.0524. The summed E-state index contributed by atoms with van der Waals surface area (Å²) in [6, 6.07) is 10.9. The zero-order valence-electron chi connectivity index (χ0n) is 13.6. The summed E-state index contributed by atoms with van der Waals surface area (Å²) >= 11 is 0. The van der Waals surface area contributed by atoms with Crippen LogP contribution in [-0.4, -0.2) is 46.1 Å². The number of likely N-dealkylation sites (tertiary alicyclic amines) is 1. The van der Waals surface area contributed by atoms with Crippen molar-refractivity contribution < 1.29 is 14.1 Å². The van der Waals surface area contributed by atoms with Crippen LogP contribution >= 0.6 is 0 Å². The van der Waals surface area contributed by atoms with Crippen molar-refractivity contribution in [3.05, 3.63) is 60.2 Å². The number of aromatic nitrogens is 3. The first-order valence-corrected chi connectivity index (χ1v) is 7.92. The molecular weight excluding hydrogens is 320 g/mol. The second kappa shape index (κ2) is 6.35. The molecule has 7 heteroatoms. The van der Waals surface area contributed by atoms with Gasteiger partial charge in [0.15, 0.2) is 0 Å². The Hall–Kier alpha value is -3.22. The number of hydrogen-bond donors (Lipinski definition) is 0. The van der Waals surface area contributed by atoms with Crippen LogP contribution in [0.25, 0.3) is 11.4 Å². The number of benzene rings is 1. The number of para-hydroxylation sites is 1. The maximum atomic E-state index is 12.6. The van der Waals surface area contributed by atoms with Crippen LogP contribution in [0, 0.1) is 0 Å². The van der Waals surface area contributed by atoms with Crippen LogP contribution in [0.2, 0.25) is 0 Å². The second-order valence-corrected chi connectivity index (χ2v) is 5.81. The first kappa shape index (κ1) is 15.3. The van der Waals surface area contributed by atoms with Gasteiger partial charge in [0.25, 0.3) is 5.91 Å². The molecule has 0 atom stereocenters. The van der Waals surface area contributed by atoms with Gasteiger partial charge in [-0.3, -0.25) is 9.78 Å². The van der Waals surface area contributed by atoms with Gasteiger partial charge < -0.3 is 14.2 Å². The van der Waals surface area contributed by atoms with Gasteiger partial charge in [0.05, 0.1) is 18.6 Å². The number of amides is 1. The van der Waals surface area contributed by atoms with E-state index in [1.165, 1.54) is 0 Å². The molecule has 126 valence electrons. The molecule has 3 aromatic rings. The van der Waals surface area contributed by atoms with E-state index in [-0.39, 0.29) is 11.8 Å². The van der Waals surface area contributed by atoms with Crippen molar-refractivity contribution in [2.45, 2.75) is 5.92 Å². The lowest BCUT2D eigenvalue weighted by Crippen LogP contribution is -2.48. The lowest BCUT2D eigenvalue weighted by molar-refractivity contribution is 0.0566. The molecule has 3 heterocycles. The third-order valence-corrected chi connectivity index (χ3v) is 4.22. The summed E-state index contributed by atoms with van der Waals surface area (Å²) in [5, 5.41) is 4.00. The lowest BCUT2D eigenvalue weighted by atomic mass is 9.98. The summed E-state index contributed by atoms with van der Waals surface area (Å²) < 4.78 is 10.6. The molecule has 1 aliphatic rings. The number of carbonyl (C=O) groups is 1. The summed E-state index contributed by atoms with van der Waals surface area (Å²) in [6.07, 6.45) is 3.38. The molecule has 0 saturated carbocycles. The molecule has 1 aromatic carbocycles. The third kappa shape index (κ3) is 2.84. The molecule has 7 nitrogen and oxygen atoms in total. The number of ether oxygens (including phenoxy) is 1. The van der Waals surface area contributed by atoms with Gasteiger partial charge in [0.2, 0.25) is 11.7 Å². The highest BCUT2D eigenvalue weighted by atomic mass is 16.5. The predicted molar refractivity (Wildman–Crippen MR) is 89.2 cm³/mol. The van der Waals surface area contributed by atoms with Gasteiger partial charge in [0, 0.05) is 31.0 Å². The standard InChI is InChI=1S/C18H16N4O3/c1-24-15-7-3-2-6-14(15)18(23)22-10-13(11-22)17-20-16(21-25-17)12-5-4-8-19-9-12/h2-9,13H,10-11H2,1H3. The first-order chi connectivity index (χ1) is 12.3. The molecule has 1 saturated heterocycles. The molecule has 0 unspecified atom stereocenters. The highest BCUT2D eigenvalue weighted by Crippen LogP contribution is 2.30. The molecule has 4 rings (SSSR count). The molecule has 1 aliphatic heterocycles. The topological polar surface area (TPSA) is 81.4 Å². The fourth-order valence-corrected chi connectivity index (χ4v) is 2.81. The Balaban J connectivity index is 1.44. The summed E-state index contributed by atoms with van der Waals surface area (Å²) in [5.74, 6) is 1.63. The Morgan fingerprint density at radius 3 is 2.84 bits per heavy atom. The van der Waals surface area contributed by atoms with Crippen LogP contribution in [-0.2, 0) is 0 Å². The van der Waals surface area contributed by atoms with Gasteiger partial charge in [0.1, 0.15) is 5.75 Å². The van der Waals surface area contributed by atoms with Gasteiger partial charge in [-0.15, -0.1) is 0 Å². The van der Waals surface area contributed by atoms with Crippen LogP contribution in [0.3, 0.4) is 0 Å². The van der Waals surface area contributed by atoms with Crippen molar-refractivity contribution in [1.29, 1.82) is 0 Å². The number of rotatable bonds is 4. The van der Waals surface area contributed by atoms with Gasteiger partial charge in [-0.2, -0.15) is 4.98 Å². The summed E-state index contributed by atoms with van der Waals surface area (Å²) in [5.41, 5.74) is 1.36. The second-order valence-electron chi connectivity index (χ2n) is 5.81. The van der Waals surface area contributed by atoms with E-state index in [1.54, 1.807) is 36.5 Å². The van der Waals surface area contributed by atoms with Crippen molar-refractivity contribution in [3.63, 3.8) is 0 Å². The minimum Gasteiger partial charge on any atom is -0.496 e. The lowest BCUT2D eigenvalue weighted by Gasteiger charge is -2.37. The summed E-state index contributed by atoms with van der Waals surface area (Å²) in [6.45, 7) is 1.09. The molecule has 2 aromatic heterocycles. The Kier molecular flexibility index (Phi) is 3.89. The Bertz CT molecular complexity index is 888. The average Bonchev–Trinajstić information content (AvgIpc) is 3.10. The highest BCUT2D eigenvalue weighted by molar-refractivity contribution is 5.97. The SMILES string of the molecule is COc1ccccc1C(=O)N1CC(c2nc(-c3cccnc3)no2)C1. The number of pyridine rings is 1. The summed E-state index contributed by atoms with van der Waals surface area (Å²) in [7, 11) is 1.56. The largest absolute Gasteiger partial charge is 0.496 e. The summed E-state index contributed by atoms with van der Waals surface area (Å²) in [4.78, 5) is 22.8.